The maximum absolute atomic E-state index is 12.9. The molecule has 0 spiro atoms. The van der Waals surface area contributed by atoms with E-state index in [0.717, 1.165) is 12.8 Å². The molecule has 2 aromatic heterocycles. The number of sulfone groups is 1. The molecule has 0 saturated carbocycles. The van der Waals surface area contributed by atoms with E-state index in [4.69, 9.17) is 4.74 Å². The summed E-state index contributed by atoms with van der Waals surface area (Å²) in [6.45, 7) is 3.12. The van der Waals surface area contributed by atoms with Crippen molar-refractivity contribution < 1.29 is 17.9 Å². The van der Waals surface area contributed by atoms with Gasteiger partial charge in [0.05, 0.1) is 35.0 Å². The van der Waals surface area contributed by atoms with Crippen molar-refractivity contribution in [3.63, 3.8) is 0 Å². The highest BCUT2D eigenvalue weighted by atomic mass is 32.2. The van der Waals surface area contributed by atoms with Gasteiger partial charge in [0.25, 0.3) is 5.91 Å². The van der Waals surface area contributed by atoms with Crippen molar-refractivity contribution in [1.82, 2.24) is 25.4 Å². The molecule has 2 aromatic rings. The van der Waals surface area contributed by atoms with Gasteiger partial charge in [-0.05, 0) is 31.9 Å². The lowest BCUT2D eigenvalue weighted by molar-refractivity contribution is 0.0738. The molecule has 2 aliphatic heterocycles. The molecule has 156 valence electrons. The van der Waals surface area contributed by atoms with E-state index in [1.54, 1.807) is 23.9 Å². The molecule has 2 saturated heterocycles. The van der Waals surface area contributed by atoms with Crippen LogP contribution in [0.4, 0.5) is 0 Å². The summed E-state index contributed by atoms with van der Waals surface area (Å²) >= 11 is 0. The Labute approximate surface area is 169 Å². The van der Waals surface area contributed by atoms with Crippen molar-refractivity contribution >= 4 is 15.7 Å². The minimum atomic E-state index is -3.21. The second-order valence-electron chi connectivity index (χ2n) is 7.56. The number of carbonyl (C=O) groups is 1. The number of aromatic nitrogens is 3. The van der Waals surface area contributed by atoms with Crippen molar-refractivity contribution in [3.8, 4) is 5.82 Å². The largest absolute Gasteiger partial charge is 0.381 e. The number of hydrogen-bond acceptors (Lipinski definition) is 7. The zero-order valence-electron chi connectivity index (χ0n) is 16.2. The van der Waals surface area contributed by atoms with Crippen LogP contribution in [-0.2, 0) is 14.6 Å². The Morgan fingerprint density at radius 2 is 1.97 bits per heavy atom. The van der Waals surface area contributed by atoms with Gasteiger partial charge in [-0.3, -0.25) is 4.79 Å². The Morgan fingerprint density at radius 3 is 2.69 bits per heavy atom. The van der Waals surface area contributed by atoms with Gasteiger partial charge in [0, 0.05) is 31.5 Å². The summed E-state index contributed by atoms with van der Waals surface area (Å²) in [6.07, 6.45) is 4.83. The van der Waals surface area contributed by atoms with Crippen LogP contribution in [0.2, 0.25) is 0 Å². The van der Waals surface area contributed by atoms with Crippen LogP contribution in [0.3, 0.4) is 0 Å². The summed E-state index contributed by atoms with van der Waals surface area (Å²) in [5.41, 5.74) is 1.06. The molecule has 9 nitrogen and oxygen atoms in total. The molecule has 2 unspecified atom stereocenters. The van der Waals surface area contributed by atoms with Crippen molar-refractivity contribution in [2.45, 2.75) is 37.9 Å². The monoisotopic (exact) mass is 419 g/mol. The van der Waals surface area contributed by atoms with Gasteiger partial charge in [0.15, 0.2) is 15.7 Å². The molecule has 29 heavy (non-hydrogen) atoms. The van der Waals surface area contributed by atoms with E-state index in [-0.39, 0.29) is 29.5 Å². The van der Waals surface area contributed by atoms with E-state index < -0.39 is 15.9 Å². The fraction of sp³-hybridized carbons (Fsp3) is 0.526. The van der Waals surface area contributed by atoms with Crippen LogP contribution in [0.15, 0.2) is 30.6 Å². The number of nitrogens with one attached hydrogen (secondary N) is 2. The molecule has 10 heteroatoms. The molecular weight excluding hydrogens is 394 g/mol. The van der Waals surface area contributed by atoms with E-state index >= 15 is 0 Å². The molecule has 0 bridgehead atoms. The standard InChI is InChI=1S/C19H25N5O4S/c1-13-15(10-21-24(13)18-4-2-3-7-20-18)19(25)23-17-12-29(26,27)11-16(17)22-14-5-8-28-9-6-14/h2-4,7,10,14,16-17,22H,5-6,8-9,11-12H2,1H3,(H,23,25). The molecule has 2 N–H and O–H groups in total. The first kappa shape index (κ1) is 20.0. The number of amides is 1. The van der Waals surface area contributed by atoms with Crippen LogP contribution in [0.25, 0.3) is 5.82 Å². The van der Waals surface area contributed by atoms with Gasteiger partial charge >= 0.3 is 0 Å². The number of hydrogen-bond donors (Lipinski definition) is 2. The Morgan fingerprint density at radius 1 is 1.21 bits per heavy atom. The van der Waals surface area contributed by atoms with Gasteiger partial charge in [-0.15, -0.1) is 0 Å². The predicted molar refractivity (Wildman–Crippen MR) is 107 cm³/mol. The van der Waals surface area contributed by atoms with E-state index in [0.29, 0.717) is 30.3 Å². The molecule has 0 aromatic carbocycles. The van der Waals surface area contributed by atoms with Gasteiger partial charge in [-0.1, -0.05) is 6.07 Å². The highest BCUT2D eigenvalue weighted by Crippen LogP contribution is 2.18. The normalized spacial score (nSPS) is 24.4. The van der Waals surface area contributed by atoms with E-state index in [1.165, 1.54) is 6.20 Å². The van der Waals surface area contributed by atoms with Crippen LogP contribution in [0.1, 0.15) is 28.9 Å². The maximum Gasteiger partial charge on any atom is 0.255 e. The Kier molecular flexibility index (Phi) is 5.66. The summed E-state index contributed by atoms with van der Waals surface area (Å²) in [4.78, 5) is 17.1. The van der Waals surface area contributed by atoms with Gasteiger partial charge in [-0.2, -0.15) is 5.10 Å². The highest BCUT2D eigenvalue weighted by Gasteiger charge is 2.40. The summed E-state index contributed by atoms with van der Waals surface area (Å²) in [6, 6.07) is 4.88. The molecule has 2 atom stereocenters. The molecule has 2 fully saturated rings. The lowest BCUT2D eigenvalue weighted by Crippen LogP contribution is -2.53. The Hall–Kier alpha value is -2.30. The molecule has 2 aliphatic rings. The predicted octanol–water partition coefficient (Wildman–Crippen LogP) is 0.240. The summed E-state index contributed by atoms with van der Waals surface area (Å²) in [5.74, 6) is 0.256. The number of ether oxygens (including phenoxy) is 1. The first-order valence-corrected chi connectivity index (χ1v) is 11.6. The summed E-state index contributed by atoms with van der Waals surface area (Å²) in [7, 11) is -3.21. The number of pyridine rings is 1. The van der Waals surface area contributed by atoms with Crippen molar-refractivity contribution in [2.75, 3.05) is 24.7 Å². The topological polar surface area (TPSA) is 115 Å². The van der Waals surface area contributed by atoms with E-state index in [2.05, 4.69) is 20.7 Å². The van der Waals surface area contributed by atoms with E-state index in [9.17, 15) is 13.2 Å². The third kappa shape index (κ3) is 4.49. The number of carbonyl (C=O) groups excluding carboxylic acids is 1. The van der Waals surface area contributed by atoms with Crippen LogP contribution >= 0.6 is 0 Å². The zero-order valence-corrected chi connectivity index (χ0v) is 17.1. The average Bonchev–Trinajstić information content (AvgIpc) is 3.22. The van der Waals surface area contributed by atoms with Gasteiger partial charge in [0.2, 0.25) is 0 Å². The minimum absolute atomic E-state index is 0.0292. The summed E-state index contributed by atoms with van der Waals surface area (Å²) in [5, 5.41) is 10.6. The minimum Gasteiger partial charge on any atom is -0.381 e. The quantitative estimate of drug-likeness (QED) is 0.713. The summed E-state index contributed by atoms with van der Waals surface area (Å²) < 4.78 is 31.4. The number of nitrogens with zero attached hydrogens (tertiary/aromatic N) is 3. The maximum atomic E-state index is 12.9. The third-order valence-corrected chi connectivity index (χ3v) is 7.19. The second-order valence-corrected chi connectivity index (χ2v) is 9.71. The van der Waals surface area contributed by atoms with E-state index in [1.807, 2.05) is 12.1 Å². The van der Waals surface area contributed by atoms with Crippen LogP contribution < -0.4 is 10.6 Å². The molecule has 1 amide bonds. The van der Waals surface area contributed by atoms with Crippen molar-refractivity contribution in [3.05, 3.63) is 41.9 Å². The van der Waals surface area contributed by atoms with Gasteiger partial charge < -0.3 is 15.4 Å². The third-order valence-electron chi connectivity index (χ3n) is 5.46. The second kappa shape index (κ2) is 8.21. The lowest BCUT2D eigenvalue weighted by atomic mass is 10.1. The van der Waals surface area contributed by atoms with Crippen molar-refractivity contribution in [1.29, 1.82) is 0 Å². The fourth-order valence-corrected chi connectivity index (χ4v) is 5.78. The SMILES string of the molecule is Cc1c(C(=O)NC2CS(=O)(=O)CC2NC2CCOCC2)cnn1-c1ccccn1. The van der Waals surface area contributed by atoms with Gasteiger partial charge in [0.1, 0.15) is 0 Å². The average molecular weight is 420 g/mol. The van der Waals surface area contributed by atoms with Crippen LogP contribution in [0, 0.1) is 6.92 Å². The first-order chi connectivity index (χ1) is 13.9. The van der Waals surface area contributed by atoms with Gasteiger partial charge in [-0.25, -0.2) is 18.1 Å². The lowest BCUT2D eigenvalue weighted by Gasteiger charge is -2.29. The Bertz CT molecular complexity index is 970. The first-order valence-electron chi connectivity index (χ1n) is 9.74. The molecule has 4 rings (SSSR count). The molecular formula is C19H25N5O4S. The molecule has 0 aliphatic carbocycles. The van der Waals surface area contributed by atoms with Crippen LogP contribution in [-0.4, -0.2) is 71.9 Å². The zero-order chi connectivity index (χ0) is 20.4. The molecule has 0 radical (unpaired) electrons. The highest BCUT2D eigenvalue weighted by molar-refractivity contribution is 7.91. The van der Waals surface area contributed by atoms with Crippen LogP contribution in [0.5, 0.6) is 0 Å². The number of rotatable bonds is 5. The fourth-order valence-electron chi connectivity index (χ4n) is 3.91. The Balaban J connectivity index is 1.48. The molecule has 4 heterocycles. The van der Waals surface area contributed by atoms with Crippen molar-refractivity contribution in [2.24, 2.45) is 0 Å². The smallest absolute Gasteiger partial charge is 0.255 e.